The molecule has 136 valence electrons. The number of benzene rings is 1. The van der Waals surface area contributed by atoms with E-state index in [0.717, 1.165) is 50.2 Å². The Labute approximate surface area is 150 Å². The van der Waals surface area contributed by atoms with Crippen molar-refractivity contribution in [2.75, 3.05) is 26.7 Å². The summed E-state index contributed by atoms with van der Waals surface area (Å²) in [6.45, 7) is 3.80. The highest BCUT2D eigenvalue weighted by Gasteiger charge is 2.45. The van der Waals surface area contributed by atoms with Gasteiger partial charge in [0.2, 0.25) is 5.91 Å². The van der Waals surface area contributed by atoms with Gasteiger partial charge in [0.25, 0.3) is 0 Å². The minimum atomic E-state index is -0.0200. The summed E-state index contributed by atoms with van der Waals surface area (Å²) in [6.07, 6.45) is 5.60. The van der Waals surface area contributed by atoms with Crippen molar-refractivity contribution in [3.05, 3.63) is 29.8 Å². The molecule has 1 spiro atoms. The van der Waals surface area contributed by atoms with Crippen LogP contribution in [0, 0.1) is 5.41 Å². The van der Waals surface area contributed by atoms with E-state index in [1.807, 2.05) is 18.2 Å². The third-order valence-corrected chi connectivity index (χ3v) is 6.13. The van der Waals surface area contributed by atoms with E-state index in [4.69, 9.17) is 4.74 Å². The molecule has 25 heavy (non-hydrogen) atoms. The number of carbonyl (C=O) groups is 1. The van der Waals surface area contributed by atoms with Gasteiger partial charge in [-0.1, -0.05) is 18.2 Å². The zero-order valence-electron chi connectivity index (χ0n) is 15.1. The summed E-state index contributed by atoms with van der Waals surface area (Å²) >= 11 is 0. The lowest BCUT2D eigenvalue weighted by Crippen LogP contribution is -2.44. The second-order valence-corrected chi connectivity index (χ2v) is 7.90. The van der Waals surface area contributed by atoms with Crippen LogP contribution >= 0.6 is 0 Å². The topological polar surface area (TPSA) is 53.6 Å². The van der Waals surface area contributed by atoms with E-state index >= 15 is 0 Å². The number of piperidine rings is 1. The summed E-state index contributed by atoms with van der Waals surface area (Å²) in [5.41, 5.74) is 1.42. The normalized spacial score (nSPS) is 25.1. The molecule has 1 atom stereocenters. The van der Waals surface area contributed by atoms with Crippen LogP contribution in [0.4, 0.5) is 0 Å². The lowest BCUT2D eigenvalue weighted by Gasteiger charge is -2.33. The van der Waals surface area contributed by atoms with Gasteiger partial charge < -0.3 is 20.3 Å². The van der Waals surface area contributed by atoms with Gasteiger partial charge in [-0.25, -0.2) is 0 Å². The average Bonchev–Trinajstić information content (AvgIpc) is 3.42. The molecule has 1 amide bonds. The van der Waals surface area contributed by atoms with Gasteiger partial charge in [-0.15, -0.1) is 0 Å². The molecule has 2 N–H and O–H groups in total. The Morgan fingerprint density at radius 3 is 2.76 bits per heavy atom. The molecule has 1 saturated carbocycles. The Morgan fingerprint density at radius 2 is 2.04 bits per heavy atom. The van der Waals surface area contributed by atoms with Crippen LogP contribution in [0.3, 0.4) is 0 Å². The fourth-order valence-corrected chi connectivity index (χ4v) is 4.42. The van der Waals surface area contributed by atoms with Crippen molar-refractivity contribution < 1.29 is 9.53 Å². The van der Waals surface area contributed by atoms with Crippen LogP contribution in [0.15, 0.2) is 24.3 Å². The number of ether oxygens (including phenoxy) is 1. The number of nitrogens with zero attached hydrogens (tertiary/aromatic N) is 1. The maximum Gasteiger partial charge on any atom is 0.240 e. The van der Waals surface area contributed by atoms with Crippen molar-refractivity contribution in [3.63, 3.8) is 0 Å². The number of para-hydroxylation sites is 1. The van der Waals surface area contributed by atoms with Gasteiger partial charge in [0.15, 0.2) is 0 Å². The Bertz CT molecular complexity index is 623. The van der Waals surface area contributed by atoms with Gasteiger partial charge in [0.05, 0.1) is 13.2 Å². The smallest absolute Gasteiger partial charge is 0.240 e. The van der Waals surface area contributed by atoms with Crippen LogP contribution in [0.25, 0.3) is 0 Å². The van der Waals surface area contributed by atoms with Crippen LogP contribution in [0.2, 0.25) is 0 Å². The first-order valence-corrected chi connectivity index (χ1v) is 9.57. The molecule has 0 radical (unpaired) electrons. The lowest BCUT2D eigenvalue weighted by atomic mass is 9.77. The van der Waals surface area contributed by atoms with Gasteiger partial charge in [-0.2, -0.15) is 0 Å². The molecule has 2 aliphatic heterocycles. The molecule has 5 nitrogen and oxygen atoms in total. The zero-order valence-corrected chi connectivity index (χ0v) is 15.1. The number of hydrogen-bond donors (Lipinski definition) is 2. The van der Waals surface area contributed by atoms with Gasteiger partial charge in [0, 0.05) is 24.7 Å². The SMILES string of the molecule is COc1ccccc1CN(C(=O)[C@@H]1CC2(CCNCC2)CN1)C1CC1. The Balaban J connectivity index is 1.47. The first kappa shape index (κ1) is 16.9. The number of nitrogens with one attached hydrogen (secondary N) is 2. The van der Waals surface area contributed by atoms with Crippen LogP contribution < -0.4 is 15.4 Å². The quantitative estimate of drug-likeness (QED) is 0.858. The number of amides is 1. The molecule has 4 rings (SSSR count). The van der Waals surface area contributed by atoms with Crippen molar-refractivity contribution in [1.29, 1.82) is 0 Å². The molecule has 0 bridgehead atoms. The Hall–Kier alpha value is -1.59. The maximum absolute atomic E-state index is 13.3. The monoisotopic (exact) mass is 343 g/mol. The van der Waals surface area contributed by atoms with E-state index in [1.165, 1.54) is 12.8 Å². The van der Waals surface area contributed by atoms with Crippen LogP contribution in [0.5, 0.6) is 5.75 Å². The van der Waals surface area contributed by atoms with Crippen LogP contribution in [-0.2, 0) is 11.3 Å². The third kappa shape index (κ3) is 3.53. The summed E-state index contributed by atoms with van der Waals surface area (Å²) in [7, 11) is 1.70. The van der Waals surface area contributed by atoms with Crippen molar-refractivity contribution >= 4 is 5.91 Å². The van der Waals surface area contributed by atoms with E-state index in [0.29, 0.717) is 18.0 Å². The first-order chi connectivity index (χ1) is 12.2. The molecular formula is C20H29N3O2. The van der Waals surface area contributed by atoms with Gasteiger partial charge >= 0.3 is 0 Å². The van der Waals surface area contributed by atoms with Crippen molar-refractivity contribution in [3.8, 4) is 5.75 Å². The molecule has 2 saturated heterocycles. The van der Waals surface area contributed by atoms with E-state index < -0.39 is 0 Å². The van der Waals surface area contributed by atoms with E-state index in [9.17, 15) is 4.79 Å². The van der Waals surface area contributed by atoms with Crippen molar-refractivity contribution in [2.24, 2.45) is 5.41 Å². The largest absolute Gasteiger partial charge is 0.496 e. The fourth-order valence-electron chi connectivity index (χ4n) is 4.42. The molecule has 2 heterocycles. The zero-order chi connectivity index (χ0) is 17.3. The predicted molar refractivity (Wildman–Crippen MR) is 97.5 cm³/mol. The third-order valence-electron chi connectivity index (χ3n) is 6.13. The first-order valence-electron chi connectivity index (χ1n) is 9.57. The van der Waals surface area contributed by atoms with Gasteiger partial charge in [0.1, 0.15) is 5.75 Å². The second-order valence-electron chi connectivity index (χ2n) is 7.90. The van der Waals surface area contributed by atoms with Crippen molar-refractivity contribution in [1.82, 2.24) is 15.5 Å². The summed E-state index contributed by atoms with van der Waals surface area (Å²) in [5.74, 6) is 1.15. The summed E-state index contributed by atoms with van der Waals surface area (Å²) < 4.78 is 5.48. The molecule has 5 heteroatoms. The number of hydrogen-bond acceptors (Lipinski definition) is 4. The van der Waals surface area contributed by atoms with Gasteiger partial charge in [-0.3, -0.25) is 4.79 Å². The summed E-state index contributed by atoms with van der Waals surface area (Å²) in [6, 6.07) is 8.42. The van der Waals surface area contributed by atoms with E-state index in [-0.39, 0.29) is 11.9 Å². The standard InChI is InChI=1S/C20H29N3O2/c1-25-18-5-3-2-4-15(18)13-23(16-6-7-16)19(24)17-12-20(14-22-17)8-10-21-11-9-20/h2-5,16-17,21-22H,6-14H2,1H3/t17-/m0/s1. The Morgan fingerprint density at radius 1 is 1.28 bits per heavy atom. The maximum atomic E-state index is 13.3. The molecule has 1 aromatic carbocycles. The highest BCUT2D eigenvalue weighted by Crippen LogP contribution is 2.39. The lowest BCUT2D eigenvalue weighted by molar-refractivity contribution is -0.134. The van der Waals surface area contributed by atoms with Crippen LogP contribution in [-0.4, -0.2) is 49.6 Å². The molecule has 3 fully saturated rings. The molecule has 0 aromatic heterocycles. The summed E-state index contributed by atoms with van der Waals surface area (Å²) in [5, 5.41) is 6.98. The van der Waals surface area contributed by atoms with Gasteiger partial charge in [-0.05, 0) is 56.7 Å². The van der Waals surface area contributed by atoms with E-state index in [2.05, 4.69) is 21.6 Å². The second kappa shape index (κ2) is 6.96. The number of methoxy groups -OCH3 is 1. The highest BCUT2D eigenvalue weighted by molar-refractivity contribution is 5.83. The Kier molecular flexibility index (Phi) is 4.69. The molecular weight excluding hydrogens is 314 g/mol. The number of rotatable bonds is 5. The highest BCUT2D eigenvalue weighted by atomic mass is 16.5. The average molecular weight is 343 g/mol. The fraction of sp³-hybridized carbons (Fsp3) is 0.650. The van der Waals surface area contributed by atoms with Crippen LogP contribution in [0.1, 0.15) is 37.7 Å². The number of carbonyl (C=O) groups excluding carboxylic acids is 1. The molecule has 1 aromatic rings. The summed E-state index contributed by atoms with van der Waals surface area (Å²) in [4.78, 5) is 15.4. The van der Waals surface area contributed by atoms with Crippen molar-refractivity contribution in [2.45, 2.75) is 50.7 Å². The van der Waals surface area contributed by atoms with E-state index in [1.54, 1.807) is 7.11 Å². The minimum Gasteiger partial charge on any atom is -0.496 e. The predicted octanol–water partition coefficient (Wildman–Crippen LogP) is 1.92. The molecule has 3 aliphatic rings. The molecule has 0 unspecified atom stereocenters. The molecule has 1 aliphatic carbocycles. The minimum absolute atomic E-state index is 0.0200.